The number of rotatable bonds is 2. The standard InChI is InChI=1S/C10H7Cl2N3OS/c1-5-2-3-6(17-5)10(16)15-9-7(11)8(12)13-4-14-9/h2-4H,1H3,(H,13,14,15,16). The van der Waals surface area contributed by atoms with Crippen LogP contribution in [0.25, 0.3) is 0 Å². The van der Waals surface area contributed by atoms with E-state index in [1.54, 1.807) is 6.07 Å². The minimum absolute atomic E-state index is 0.110. The average Bonchev–Trinajstić information content (AvgIpc) is 2.72. The molecule has 0 spiro atoms. The quantitative estimate of drug-likeness (QED) is 0.862. The fourth-order valence-electron chi connectivity index (χ4n) is 1.16. The van der Waals surface area contributed by atoms with Crippen molar-refractivity contribution in [2.24, 2.45) is 0 Å². The highest BCUT2D eigenvalue weighted by Crippen LogP contribution is 2.26. The molecular formula is C10H7Cl2N3OS. The Bertz CT molecular complexity index is 570. The number of aromatic nitrogens is 2. The zero-order valence-electron chi connectivity index (χ0n) is 8.70. The molecule has 0 fully saturated rings. The number of hydrogen-bond acceptors (Lipinski definition) is 4. The number of hydrogen-bond donors (Lipinski definition) is 1. The van der Waals surface area contributed by atoms with E-state index in [1.165, 1.54) is 17.7 Å². The van der Waals surface area contributed by atoms with Crippen molar-refractivity contribution in [1.29, 1.82) is 0 Å². The third-order valence-corrected chi connectivity index (χ3v) is 3.68. The zero-order valence-corrected chi connectivity index (χ0v) is 11.0. The maximum atomic E-state index is 11.8. The van der Waals surface area contributed by atoms with Crippen LogP contribution in [0, 0.1) is 6.92 Å². The highest BCUT2D eigenvalue weighted by molar-refractivity contribution is 7.14. The fraction of sp³-hybridized carbons (Fsp3) is 0.100. The summed E-state index contributed by atoms with van der Waals surface area (Å²) in [6, 6.07) is 3.61. The van der Waals surface area contributed by atoms with Gasteiger partial charge in [-0.15, -0.1) is 11.3 Å². The third-order valence-electron chi connectivity index (χ3n) is 1.94. The second kappa shape index (κ2) is 5.00. The van der Waals surface area contributed by atoms with Gasteiger partial charge >= 0.3 is 0 Å². The molecule has 0 aliphatic carbocycles. The first-order valence-corrected chi connectivity index (χ1v) is 6.19. The molecule has 17 heavy (non-hydrogen) atoms. The van der Waals surface area contributed by atoms with Crippen molar-refractivity contribution in [3.8, 4) is 0 Å². The maximum absolute atomic E-state index is 11.8. The molecule has 4 nitrogen and oxygen atoms in total. The Balaban J connectivity index is 2.21. The Hall–Kier alpha value is -1.17. The van der Waals surface area contributed by atoms with Gasteiger partial charge in [0.25, 0.3) is 5.91 Å². The van der Waals surface area contributed by atoms with Gasteiger partial charge in [0.1, 0.15) is 11.3 Å². The van der Waals surface area contributed by atoms with Crippen LogP contribution in [0.3, 0.4) is 0 Å². The molecule has 0 aliphatic heterocycles. The van der Waals surface area contributed by atoms with Crippen molar-refractivity contribution in [3.63, 3.8) is 0 Å². The van der Waals surface area contributed by atoms with E-state index in [0.29, 0.717) is 4.88 Å². The normalized spacial score (nSPS) is 10.3. The first-order chi connectivity index (χ1) is 8.08. The summed E-state index contributed by atoms with van der Waals surface area (Å²) < 4.78 is 0. The SMILES string of the molecule is Cc1ccc(C(=O)Nc2ncnc(Cl)c2Cl)s1. The van der Waals surface area contributed by atoms with Gasteiger partial charge in [-0.1, -0.05) is 23.2 Å². The number of thiophene rings is 1. The molecule has 0 atom stereocenters. The lowest BCUT2D eigenvalue weighted by atomic mass is 10.4. The number of nitrogens with one attached hydrogen (secondary N) is 1. The van der Waals surface area contributed by atoms with Gasteiger partial charge in [0.2, 0.25) is 0 Å². The van der Waals surface area contributed by atoms with Crippen LogP contribution in [0.2, 0.25) is 10.2 Å². The summed E-state index contributed by atoms with van der Waals surface area (Å²) in [5, 5.41) is 2.83. The number of carbonyl (C=O) groups excluding carboxylic acids is 1. The molecule has 0 radical (unpaired) electrons. The molecule has 7 heteroatoms. The Morgan fingerprint density at radius 2 is 2.12 bits per heavy atom. The average molecular weight is 288 g/mol. The predicted molar refractivity (Wildman–Crippen MR) is 69.1 cm³/mol. The Kier molecular flexibility index (Phi) is 3.61. The molecule has 2 heterocycles. The summed E-state index contributed by atoms with van der Waals surface area (Å²) in [7, 11) is 0. The molecule has 1 amide bonds. The van der Waals surface area contributed by atoms with Gasteiger partial charge in [0.05, 0.1) is 4.88 Å². The summed E-state index contributed by atoms with van der Waals surface area (Å²) in [5.41, 5.74) is 0. The van der Waals surface area contributed by atoms with E-state index >= 15 is 0 Å². The van der Waals surface area contributed by atoms with E-state index in [4.69, 9.17) is 23.2 Å². The van der Waals surface area contributed by atoms with Crippen LogP contribution in [-0.2, 0) is 0 Å². The number of aryl methyl sites for hydroxylation is 1. The van der Waals surface area contributed by atoms with Crippen molar-refractivity contribution in [2.75, 3.05) is 5.32 Å². The Morgan fingerprint density at radius 1 is 1.35 bits per heavy atom. The highest BCUT2D eigenvalue weighted by Gasteiger charge is 2.13. The molecule has 0 aromatic carbocycles. The van der Waals surface area contributed by atoms with Gasteiger partial charge in [0, 0.05) is 4.88 Å². The number of halogens is 2. The summed E-state index contributed by atoms with van der Waals surface area (Å²) in [6.07, 6.45) is 1.24. The number of anilines is 1. The number of carbonyl (C=O) groups is 1. The molecule has 0 saturated heterocycles. The van der Waals surface area contributed by atoms with Crippen LogP contribution in [0.15, 0.2) is 18.5 Å². The Morgan fingerprint density at radius 3 is 2.76 bits per heavy atom. The van der Waals surface area contributed by atoms with Crippen LogP contribution in [-0.4, -0.2) is 15.9 Å². The van der Waals surface area contributed by atoms with Crippen LogP contribution < -0.4 is 5.32 Å². The molecule has 0 unspecified atom stereocenters. The topological polar surface area (TPSA) is 54.9 Å². The smallest absolute Gasteiger partial charge is 0.266 e. The van der Waals surface area contributed by atoms with Crippen LogP contribution >= 0.6 is 34.5 Å². The second-order valence-corrected chi connectivity index (χ2v) is 5.22. The molecule has 0 aliphatic rings. The van der Waals surface area contributed by atoms with E-state index < -0.39 is 0 Å². The van der Waals surface area contributed by atoms with Crippen molar-refractivity contribution < 1.29 is 4.79 Å². The maximum Gasteiger partial charge on any atom is 0.266 e. The van der Waals surface area contributed by atoms with E-state index in [9.17, 15) is 4.79 Å². The molecule has 0 bridgehead atoms. The molecular weight excluding hydrogens is 281 g/mol. The van der Waals surface area contributed by atoms with E-state index in [0.717, 1.165) is 4.88 Å². The molecule has 0 saturated carbocycles. The molecule has 88 valence electrons. The number of amides is 1. The fourth-order valence-corrected chi connectivity index (χ4v) is 2.20. The minimum Gasteiger partial charge on any atom is -0.304 e. The van der Waals surface area contributed by atoms with Crippen molar-refractivity contribution in [2.45, 2.75) is 6.92 Å². The lowest BCUT2D eigenvalue weighted by Crippen LogP contribution is -2.12. The first kappa shape index (κ1) is 12.3. The highest BCUT2D eigenvalue weighted by atomic mass is 35.5. The van der Waals surface area contributed by atoms with Crippen molar-refractivity contribution in [3.05, 3.63) is 38.4 Å². The van der Waals surface area contributed by atoms with Gasteiger partial charge in [-0.05, 0) is 19.1 Å². The van der Waals surface area contributed by atoms with Crippen molar-refractivity contribution >= 4 is 46.3 Å². The van der Waals surface area contributed by atoms with Gasteiger partial charge in [0.15, 0.2) is 11.0 Å². The first-order valence-electron chi connectivity index (χ1n) is 4.61. The largest absolute Gasteiger partial charge is 0.304 e. The zero-order chi connectivity index (χ0) is 12.4. The lowest BCUT2D eigenvalue weighted by molar-refractivity contribution is 0.103. The van der Waals surface area contributed by atoms with Gasteiger partial charge in [-0.2, -0.15) is 0 Å². The van der Waals surface area contributed by atoms with Crippen LogP contribution in [0.1, 0.15) is 14.5 Å². The molecule has 2 aromatic rings. The van der Waals surface area contributed by atoms with Gasteiger partial charge < -0.3 is 5.32 Å². The minimum atomic E-state index is -0.264. The molecule has 2 aromatic heterocycles. The van der Waals surface area contributed by atoms with Gasteiger partial charge in [-0.3, -0.25) is 4.79 Å². The Labute approximate surface area is 112 Å². The number of nitrogens with zero attached hydrogens (tertiary/aromatic N) is 2. The third kappa shape index (κ3) is 2.74. The monoisotopic (exact) mass is 287 g/mol. The van der Waals surface area contributed by atoms with Gasteiger partial charge in [-0.25, -0.2) is 9.97 Å². The molecule has 1 N–H and O–H groups in total. The summed E-state index contributed by atoms with van der Waals surface area (Å²) >= 11 is 13.0. The lowest BCUT2D eigenvalue weighted by Gasteiger charge is -2.04. The van der Waals surface area contributed by atoms with Crippen LogP contribution in [0.5, 0.6) is 0 Å². The predicted octanol–water partition coefficient (Wildman–Crippen LogP) is 3.41. The van der Waals surface area contributed by atoms with Crippen molar-refractivity contribution in [1.82, 2.24) is 9.97 Å². The van der Waals surface area contributed by atoms with E-state index in [2.05, 4.69) is 15.3 Å². The second-order valence-electron chi connectivity index (χ2n) is 3.19. The summed E-state index contributed by atoms with van der Waals surface area (Å²) in [4.78, 5) is 21.0. The summed E-state index contributed by atoms with van der Waals surface area (Å²) in [5.74, 6) is -0.0533. The summed E-state index contributed by atoms with van der Waals surface area (Å²) in [6.45, 7) is 1.93. The van der Waals surface area contributed by atoms with Crippen LogP contribution in [0.4, 0.5) is 5.82 Å². The van der Waals surface area contributed by atoms with E-state index in [-0.39, 0.29) is 21.9 Å². The molecule has 2 rings (SSSR count). The van der Waals surface area contributed by atoms with E-state index in [1.807, 2.05) is 13.0 Å².